The molecule has 1 fully saturated rings. The van der Waals surface area contributed by atoms with Gasteiger partial charge in [-0.2, -0.15) is 4.98 Å². The minimum atomic E-state index is -0.485. The van der Waals surface area contributed by atoms with Crippen LogP contribution >= 0.6 is 0 Å². The highest BCUT2D eigenvalue weighted by Gasteiger charge is 2.20. The highest BCUT2D eigenvalue weighted by Crippen LogP contribution is 2.27. The normalized spacial score (nSPS) is 18.9. The lowest BCUT2D eigenvalue weighted by molar-refractivity contribution is 0.185. The second kappa shape index (κ2) is 4.97. The molecule has 0 spiro atoms. The van der Waals surface area contributed by atoms with Gasteiger partial charge in [0, 0.05) is 19.6 Å². The van der Waals surface area contributed by atoms with Crippen molar-refractivity contribution in [2.24, 2.45) is 5.92 Å². The lowest BCUT2D eigenvalue weighted by Gasteiger charge is -2.01. The van der Waals surface area contributed by atoms with Gasteiger partial charge in [0.05, 0.1) is 11.3 Å². The first kappa shape index (κ1) is 12.1. The molecule has 1 aromatic carbocycles. The summed E-state index contributed by atoms with van der Waals surface area (Å²) in [6, 6.07) is 4.52. The molecule has 1 atom stereocenters. The fourth-order valence-electron chi connectivity index (χ4n) is 2.17. The van der Waals surface area contributed by atoms with Crippen molar-refractivity contribution in [1.82, 2.24) is 10.1 Å². The average molecular weight is 263 g/mol. The van der Waals surface area contributed by atoms with E-state index in [1.807, 2.05) is 0 Å². The fraction of sp³-hybridized carbons (Fsp3) is 0.385. The van der Waals surface area contributed by atoms with E-state index in [4.69, 9.17) is 15.0 Å². The van der Waals surface area contributed by atoms with Crippen molar-refractivity contribution in [2.75, 3.05) is 18.9 Å². The summed E-state index contributed by atoms with van der Waals surface area (Å²) < 4.78 is 23.8. The summed E-state index contributed by atoms with van der Waals surface area (Å²) in [5.74, 6) is 0.803. The molecule has 3 rings (SSSR count). The molecule has 1 saturated heterocycles. The van der Waals surface area contributed by atoms with E-state index in [0.29, 0.717) is 23.7 Å². The number of aromatic nitrogens is 2. The zero-order valence-electron chi connectivity index (χ0n) is 10.3. The molecule has 5 nitrogen and oxygen atoms in total. The van der Waals surface area contributed by atoms with Gasteiger partial charge in [-0.1, -0.05) is 11.2 Å². The Bertz CT molecular complexity index is 579. The predicted octanol–water partition coefficient (Wildman–Crippen LogP) is 2.04. The molecule has 2 heterocycles. The summed E-state index contributed by atoms with van der Waals surface area (Å²) in [4.78, 5) is 4.27. The molecule has 0 saturated carbocycles. The van der Waals surface area contributed by atoms with Gasteiger partial charge in [-0.3, -0.25) is 0 Å². The van der Waals surface area contributed by atoms with Gasteiger partial charge in [-0.05, 0) is 24.5 Å². The SMILES string of the molecule is Nc1c(F)cccc1-c1nc(CC2CCOC2)no1. The summed E-state index contributed by atoms with van der Waals surface area (Å²) in [6.07, 6.45) is 1.71. The maximum atomic E-state index is 13.4. The lowest BCUT2D eigenvalue weighted by atomic mass is 10.1. The number of nitrogens with zero attached hydrogens (tertiary/aromatic N) is 2. The Balaban J connectivity index is 1.82. The fourth-order valence-corrected chi connectivity index (χ4v) is 2.17. The maximum absolute atomic E-state index is 13.4. The molecule has 100 valence electrons. The van der Waals surface area contributed by atoms with Crippen LogP contribution in [0.25, 0.3) is 11.5 Å². The first-order chi connectivity index (χ1) is 9.24. The van der Waals surface area contributed by atoms with Crippen LogP contribution in [0.1, 0.15) is 12.2 Å². The van der Waals surface area contributed by atoms with Crippen molar-refractivity contribution in [3.63, 3.8) is 0 Å². The topological polar surface area (TPSA) is 74.2 Å². The monoisotopic (exact) mass is 263 g/mol. The van der Waals surface area contributed by atoms with Crippen molar-refractivity contribution < 1.29 is 13.7 Å². The number of nitrogen functional groups attached to an aromatic ring is 1. The van der Waals surface area contributed by atoms with Crippen LogP contribution in [0.2, 0.25) is 0 Å². The van der Waals surface area contributed by atoms with Crippen molar-refractivity contribution in [1.29, 1.82) is 0 Å². The van der Waals surface area contributed by atoms with Gasteiger partial charge in [-0.25, -0.2) is 4.39 Å². The third-order valence-electron chi connectivity index (χ3n) is 3.25. The van der Waals surface area contributed by atoms with E-state index in [0.717, 1.165) is 19.6 Å². The highest BCUT2D eigenvalue weighted by atomic mass is 19.1. The van der Waals surface area contributed by atoms with Gasteiger partial charge < -0.3 is 15.0 Å². The molecule has 2 N–H and O–H groups in total. The summed E-state index contributed by atoms with van der Waals surface area (Å²) >= 11 is 0. The number of hydrogen-bond acceptors (Lipinski definition) is 5. The number of para-hydroxylation sites is 1. The first-order valence-electron chi connectivity index (χ1n) is 6.18. The minimum absolute atomic E-state index is 0.0295. The smallest absolute Gasteiger partial charge is 0.260 e. The van der Waals surface area contributed by atoms with Crippen molar-refractivity contribution in [2.45, 2.75) is 12.8 Å². The third-order valence-corrected chi connectivity index (χ3v) is 3.25. The quantitative estimate of drug-likeness (QED) is 0.858. The van der Waals surface area contributed by atoms with Gasteiger partial charge in [0.2, 0.25) is 0 Å². The Kier molecular flexibility index (Phi) is 3.16. The Hall–Kier alpha value is -1.95. The lowest BCUT2D eigenvalue weighted by Crippen LogP contribution is -2.04. The molecule has 0 amide bonds. The van der Waals surface area contributed by atoms with Crippen molar-refractivity contribution >= 4 is 5.69 Å². The minimum Gasteiger partial charge on any atom is -0.396 e. The molecule has 1 aliphatic heterocycles. The molecule has 0 bridgehead atoms. The number of halogens is 1. The molecule has 0 aliphatic carbocycles. The number of ether oxygens (including phenoxy) is 1. The van der Waals surface area contributed by atoms with E-state index in [-0.39, 0.29) is 11.6 Å². The summed E-state index contributed by atoms with van der Waals surface area (Å²) in [6.45, 7) is 1.51. The van der Waals surface area contributed by atoms with Crippen molar-refractivity contribution in [3.8, 4) is 11.5 Å². The van der Waals surface area contributed by atoms with Crippen LogP contribution in [-0.2, 0) is 11.2 Å². The Morgan fingerprint density at radius 2 is 2.32 bits per heavy atom. The number of nitrogens with two attached hydrogens (primary N) is 1. The Morgan fingerprint density at radius 1 is 1.42 bits per heavy atom. The maximum Gasteiger partial charge on any atom is 0.260 e. The molecule has 1 aliphatic rings. The second-order valence-electron chi connectivity index (χ2n) is 4.65. The summed E-state index contributed by atoms with van der Waals surface area (Å²) in [5.41, 5.74) is 6.13. The average Bonchev–Trinajstić information content (AvgIpc) is 3.05. The largest absolute Gasteiger partial charge is 0.396 e. The van der Waals surface area contributed by atoms with Crippen LogP contribution in [-0.4, -0.2) is 23.4 Å². The standard InChI is InChI=1S/C13H14FN3O2/c14-10-3-1-2-9(12(10)15)13-16-11(17-19-13)6-8-4-5-18-7-8/h1-3,8H,4-7,15H2. The van der Waals surface area contributed by atoms with E-state index >= 15 is 0 Å². The van der Waals surface area contributed by atoms with Gasteiger partial charge in [0.15, 0.2) is 5.82 Å². The number of anilines is 1. The van der Waals surface area contributed by atoms with Crippen LogP contribution in [0.5, 0.6) is 0 Å². The highest BCUT2D eigenvalue weighted by molar-refractivity contribution is 5.70. The molecule has 19 heavy (non-hydrogen) atoms. The zero-order chi connectivity index (χ0) is 13.2. The van der Waals surface area contributed by atoms with Crippen LogP contribution in [0.15, 0.2) is 22.7 Å². The molecular formula is C13H14FN3O2. The van der Waals surface area contributed by atoms with Crippen LogP contribution < -0.4 is 5.73 Å². The van der Waals surface area contributed by atoms with E-state index in [1.54, 1.807) is 12.1 Å². The molecule has 1 aromatic heterocycles. The first-order valence-corrected chi connectivity index (χ1v) is 6.18. The Labute approximate surface area is 109 Å². The van der Waals surface area contributed by atoms with Crippen LogP contribution in [0.4, 0.5) is 10.1 Å². The van der Waals surface area contributed by atoms with Gasteiger partial charge in [0.1, 0.15) is 5.82 Å². The van der Waals surface area contributed by atoms with Gasteiger partial charge in [-0.15, -0.1) is 0 Å². The predicted molar refractivity (Wildman–Crippen MR) is 66.7 cm³/mol. The molecule has 2 aromatic rings. The molecular weight excluding hydrogens is 249 g/mol. The third kappa shape index (κ3) is 2.44. The molecule has 6 heteroatoms. The van der Waals surface area contributed by atoms with Crippen LogP contribution in [0, 0.1) is 11.7 Å². The number of rotatable bonds is 3. The van der Waals surface area contributed by atoms with E-state index < -0.39 is 5.82 Å². The van der Waals surface area contributed by atoms with Crippen LogP contribution in [0.3, 0.4) is 0 Å². The van der Waals surface area contributed by atoms with Gasteiger partial charge in [0.25, 0.3) is 5.89 Å². The molecule has 1 unspecified atom stereocenters. The van der Waals surface area contributed by atoms with Gasteiger partial charge >= 0.3 is 0 Å². The van der Waals surface area contributed by atoms with E-state index in [2.05, 4.69) is 10.1 Å². The zero-order valence-corrected chi connectivity index (χ0v) is 10.3. The summed E-state index contributed by atoms with van der Waals surface area (Å²) in [7, 11) is 0. The molecule has 0 radical (unpaired) electrons. The van der Waals surface area contributed by atoms with E-state index in [9.17, 15) is 4.39 Å². The van der Waals surface area contributed by atoms with Crippen molar-refractivity contribution in [3.05, 3.63) is 29.8 Å². The Morgan fingerprint density at radius 3 is 3.11 bits per heavy atom. The second-order valence-corrected chi connectivity index (χ2v) is 4.65. The number of benzene rings is 1. The summed E-state index contributed by atoms with van der Waals surface area (Å²) in [5, 5.41) is 3.91. The van der Waals surface area contributed by atoms with E-state index in [1.165, 1.54) is 6.07 Å². The number of hydrogen-bond donors (Lipinski definition) is 1.